The van der Waals surface area contributed by atoms with E-state index in [-0.39, 0.29) is 63.5 Å². The Kier molecular flexibility index (Phi) is 10.3. The van der Waals surface area contributed by atoms with Crippen LogP contribution in [0.2, 0.25) is 0 Å². The summed E-state index contributed by atoms with van der Waals surface area (Å²) in [4.78, 5) is 10.0. The summed E-state index contributed by atoms with van der Waals surface area (Å²) in [7, 11) is 0. The smallest absolute Gasteiger partial charge is 0.545 e. The van der Waals surface area contributed by atoms with Crippen LogP contribution >= 0.6 is 0 Å². The van der Waals surface area contributed by atoms with Crippen LogP contribution in [0.4, 0.5) is 0 Å². The maximum atomic E-state index is 10.0. The summed E-state index contributed by atoms with van der Waals surface area (Å²) in [5.41, 5.74) is 0.00523. The summed E-state index contributed by atoms with van der Waals surface area (Å²) in [6, 6.07) is 0. The van der Waals surface area contributed by atoms with Crippen LogP contribution in [0.1, 0.15) is 6.92 Å². The molecule has 0 aliphatic rings. The molecule has 0 radical (unpaired) electrons. The fourth-order valence-electron chi connectivity index (χ4n) is 0.376. The number of aliphatic hydroxyl groups excluding tert-OH is 1. The molecule has 0 aliphatic carbocycles. The zero-order valence-corrected chi connectivity index (χ0v) is 10.2. The average Bonchev–Trinajstić information content (AvgIpc) is 1.86. The van der Waals surface area contributed by atoms with Crippen molar-refractivity contribution in [1.29, 1.82) is 0 Å². The maximum Gasteiger partial charge on any atom is 1.00 e. The number of rotatable bonds is 4. The van der Waals surface area contributed by atoms with E-state index in [0.717, 1.165) is 6.20 Å². The summed E-state index contributed by atoms with van der Waals surface area (Å²) in [5.74, 6) is -1.29. The molecule has 0 heterocycles. The van der Waals surface area contributed by atoms with Gasteiger partial charge in [-0.25, -0.2) is 0 Å². The SMILES string of the molecule is CC(=CNCC(O)O)C(=O)[O-].[K+]. The summed E-state index contributed by atoms with van der Waals surface area (Å²) in [5, 5.41) is 29.0. The predicted molar refractivity (Wildman–Crippen MR) is 35.0 cm³/mol. The Hall–Kier alpha value is 0.566. The normalized spacial score (nSPS) is 10.8. The molecule has 3 N–H and O–H groups in total. The summed E-state index contributed by atoms with van der Waals surface area (Å²) in [6.07, 6.45) is -0.338. The molecule has 0 rings (SSSR count). The van der Waals surface area contributed by atoms with Crippen molar-refractivity contribution in [3.63, 3.8) is 0 Å². The molecule has 6 heteroatoms. The molecule has 0 bridgehead atoms. The third kappa shape index (κ3) is 8.66. The predicted octanol–water partition coefficient (Wildman–Crippen LogP) is -5.46. The van der Waals surface area contributed by atoms with E-state index in [1.54, 1.807) is 0 Å². The van der Waals surface area contributed by atoms with Crippen LogP contribution in [0.25, 0.3) is 0 Å². The Morgan fingerprint density at radius 1 is 1.67 bits per heavy atom. The van der Waals surface area contributed by atoms with Crippen LogP contribution in [-0.4, -0.2) is 29.0 Å². The number of hydrogen-bond acceptors (Lipinski definition) is 5. The Labute approximate surface area is 113 Å². The van der Waals surface area contributed by atoms with Gasteiger partial charge in [0.15, 0.2) is 6.29 Å². The van der Waals surface area contributed by atoms with Gasteiger partial charge in [-0.15, -0.1) is 0 Å². The molecule has 0 saturated carbocycles. The number of aliphatic hydroxyl groups is 2. The molecule has 0 amide bonds. The molecular formula is C6H10KNO4. The van der Waals surface area contributed by atoms with E-state index in [1.807, 2.05) is 0 Å². The number of hydrogen-bond donors (Lipinski definition) is 3. The van der Waals surface area contributed by atoms with Crippen molar-refractivity contribution in [3.05, 3.63) is 11.8 Å². The standard InChI is InChI=1S/C6H11NO4.K/c1-4(6(10)11)2-7-3-5(8)9;/h2,5,7-9H,3H2,1H3,(H,10,11);/q;+1/p-1. The molecule has 12 heavy (non-hydrogen) atoms. The maximum absolute atomic E-state index is 10.0. The number of carbonyl (C=O) groups is 1. The van der Waals surface area contributed by atoms with E-state index in [4.69, 9.17) is 10.2 Å². The van der Waals surface area contributed by atoms with Crippen LogP contribution in [-0.2, 0) is 4.79 Å². The van der Waals surface area contributed by atoms with Gasteiger partial charge in [0, 0.05) is 6.20 Å². The van der Waals surface area contributed by atoms with Crippen molar-refractivity contribution >= 4 is 5.97 Å². The van der Waals surface area contributed by atoms with Crippen LogP contribution in [0.5, 0.6) is 0 Å². The first-order valence-electron chi connectivity index (χ1n) is 3.01. The summed E-state index contributed by atoms with van der Waals surface area (Å²) in [6.45, 7) is 1.23. The third-order valence-corrected chi connectivity index (χ3v) is 0.941. The molecule has 64 valence electrons. The van der Waals surface area contributed by atoms with Crippen molar-refractivity contribution in [2.75, 3.05) is 6.54 Å². The number of carbonyl (C=O) groups excluding carboxylic acids is 1. The van der Waals surface area contributed by atoms with Crippen molar-refractivity contribution in [3.8, 4) is 0 Å². The second-order valence-corrected chi connectivity index (χ2v) is 2.00. The van der Waals surface area contributed by atoms with Gasteiger partial charge in [0.25, 0.3) is 0 Å². The number of nitrogens with one attached hydrogen (secondary N) is 1. The zero-order chi connectivity index (χ0) is 8.85. The van der Waals surface area contributed by atoms with Gasteiger partial charge in [0.1, 0.15) is 0 Å². The zero-order valence-electron chi connectivity index (χ0n) is 7.07. The molecule has 0 aromatic carbocycles. The second kappa shape index (κ2) is 8.18. The van der Waals surface area contributed by atoms with Crippen LogP contribution in [0.3, 0.4) is 0 Å². The number of carboxylic acid groups (broad SMARTS) is 1. The molecule has 0 atom stereocenters. The second-order valence-electron chi connectivity index (χ2n) is 2.00. The monoisotopic (exact) mass is 199 g/mol. The van der Waals surface area contributed by atoms with Crippen LogP contribution in [0, 0.1) is 0 Å². The fraction of sp³-hybridized carbons (Fsp3) is 0.500. The van der Waals surface area contributed by atoms with Crippen molar-refractivity contribution in [1.82, 2.24) is 5.32 Å². The third-order valence-electron chi connectivity index (χ3n) is 0.941. The Morgan fingerprint density at radius 3 is 2.50 bits per heavy atom. The van der Waals surface area contributed by atoms with E-state index in [9.17, 15) is 9.90 Å². The number of aliphatic carboxylic acids is 1. The van der Waals surface area contributed by atoms with Gasteiger partial charge in [-0.1, -0.05) is 0 Å². The molecule has 0 aliphatic heterocycles. The molecule has 0 aromatic heterocycles. The minimum Gasteiger partial charge on any atom is -0.545 e. The van der Waals surface area contributed by atoms with E-state index in [2.05, 4.69) is 5.32 Å². The quantitative estimate of drug-likeness (QED) is 0.239. The molecular weight excluding hydrogens is 189 g/mol. The van der Waals surface area contributed by atoms with Gasteiger partial charge >= 0.3 is 51.4 Å². The average molecular weight is 199 g/mol. The van der Waals surface area contributed by atoms with Crippen LogP contribution in [0.15, 0.2) is 11.8 Å². The Bertz CT molecular complexity index is 169. The Balaban J connectivity index is 0. The van der Waals surface area contributed by atoms with E-state index in [1.165, 1.54) is 6.92 Å². The van der Waals surface area contributed by atoms with Crippen LogP contribution < -0.4 is 61.8 Å². The molecule has 0 fully saturated rings. The minimum atomic E-state index is -1.49. The summed E-state index contributed by atoms with van der Waals surface area (Å²) >= 11 is 0. The van der Waals surface area contributed by atoms with Gasteiger partial charge in [-0.2, -0.15) is 0 Å². The van der Waals surface area contributed by atoms with E-state index < -0.39 is 12.3 Å². The topological polar surface area (TPSA) is 92.6 Å². The summed E-state index contributed by atoms with van der Waals surface area (Å²) < 4.78 is 0. The largest absolute Gasteiger partial charge is 1.00 e. The van der Waals surface area contributed by atoms with Gasteiger partial charge in [0.2, 0.25) is 0 Å². The van der Waals surface area contributed by atoms with Crippen molar-refractivity contribution in [2.45, 2.75) is 13.2 Å². The minimum absolute atomic E-state index is 0. The molecule has 0 unspecified atom stereocenters. The Morgan fingerprint density at radius 2 is 2.17 bits per heavy atom. The van der Waals surface area contributed by atoms with Crippen molar-refractivity contribution < 1.29 is 71.5 Å². The van der Waals surface area contributed by atoms with E-state index >= 15 is 0 Å². The molecule has 0 saturated heterocycles. The first kappa shape index (κ1) is 15.1. The first-order chi connectivity index (χ1) is 5.04. The number of carboxylic acids is 1. The molecule has 0 aromatic rings. The van der Waals surface area contributed by atoms with E-state index in [0.29, 0.717) is 0 Å². The molecule has 5 nitrogen and oxygen atoms in total. The van der Waals surface area contributed by atoms with Crippen molar-refractivity contribution in [2.24, 2.45) is 0 Å². The van der Waals surface area contributed by atoms with Gasteiger partial charge in [0.05, 0.1) is 12.5 Å². The van der Waals surface area contributed by atoms with Gasteiger partial charge in [-0.05, 0) is 12.5 Å². The first-order valence-corrected chi connectivity index (χ1v) is 3.01. The molecule has 0 spiro atoms. The fourth-order valence-corrected chi connectivity index (χ4v) is 0.376. The van der Waals surface area contributed by atoms with Gasteiger partial charge in [-0.3, -0.25) is 0 Å². The van der Waals surface area contributed by atoms with Gasteiger partial charge < -0.3 is 25.4 Å².